The third-order valence-corrected chi connectivity index (χ3v) is 15.1. The van der Waals surface area contributed by atoms with Gasteiger partial charge >= 0.3 is 43.7 Å². The van der Waals surface area contributed by atoms with Gasteiger partial charge in [-0.1, -0.05) is 125 Å². The van der Waals surface area contributed by atoms with Crippen molar-refractivity contribution in [3.63, 3.8) is 0 Å². The number of ether oxygens (including phenoxy) is 1. The average Bonchev–Trinajstić information content (AvgIpc) is 1.61. The third-order valence-electron chi connectivity index (χ3n) is 15.1. The van der Waals surface area contributed by atoms with Crippen LogP contribution in [0, 0.1) is 11.6 Å². The number of carbonyl (C=O) groups is 5. The molecule has 0 bridgehead atoms. The standard InChI is InChI=1S/C38H45FN4O6.C33H35FN2O5.Ca/c1-24(2)35-34(37(47)42-28-12-7-4-8-13-28)33(25-10-5-3-6-11-25)36(26-15-17-27(39)18-16-26)43(35)21-19-29(44)22-30(23-32(45)46)49-38(48)31(41)14-9-20-40;1-21(2)31-30(33(41)35-25-11-7-4-8-12-25)29(22-9-5-3-6-10-22)32(23-13-15-24(34)16-14-23)36(31)18-17-26(37)19-27(38)20-28(39)40;/h3-8,10-13,15-18,24,29-31,44H,9,14,19-23,40-41H2,1-2H3,(H,42,47)(H,45,46);3-16,21,26-27,37-38H,17-20H2,1-2H3,(H,35,41)(H,39,40);/q;;+2/p-2/t29-,30-,31+;26-,27-;/m11./s1. The summed E-state index contributed by atoms with van der Waals surface area (Å²) in [5.41, 5.74) is 20.6. The second kappa shape index (κ2) is 35.1. The minimum atomic E-state index is -1.44. The predicted octanol–water partition coefficient (Wildman–Crippen LogP) is 9.19. The zero-order valence-electron chi connectivity index (χ0n) is 51.6. The van der Waals surface area contributed by atoms with Gasteiger partial charge < -0.3 is 71.1 Å². The number of aliphatic hydroxyl groups is 3. The summed E-state index contributed by atoms with van der Waals surface area (Å²) in [5.74, 6) is -5.34. The van der Waals surface area contributed by atoms with E-state index >= 15 is 0 Å². The fourth-order valence-electron chi connectivity index (χ4n) is 11.2. The molecule has 474 valence electrons. The van der Waals surface area contributed by atoms with E-state index in [2.05, 4.69) is 10.6 Å². The van der Waals surface area contributed by atoms with Crippen molar-refractivity contribution in [3.05, 3.63) is 204 Å². The maximum atomic E-state index is 14.2. The first-order valence-electron chi connectivity index (χ1n) is 30.1. The first-order chi connectivity index (χ1) is 43.1. The van der Waals surface area contributed by atoms with Gasteiger partial charge in [-0.2, -0.15) is 0 Å². The van der Waals surface area contributed by atoms with Gasteiger partial charge in [0.25, 0.3) is 11.8 Å². The molecule has 0 aliphatic rings. The van der Waals surface area contributed by atoms with Crippen LogP contribution in [-0.4, -0.2) is 129 Å². The molecule has 0 spiro atoms. The number of aromatic nitrogens is 2. The topological polar surface area (TPSA) is 287 Å². The number of nitrogens with two attached hydrogens (primary N) is 2. The van der Waals surface area contributed by atoms with Gasteiger partial charge in [0.1, 0.15) is 23.8 Å². The van der Waals surface area contributed by atoms with Crippen molar-refractivity contribution < 1.29 is 63.0 Å². The number of carboxylic acid groups (broad SMARTS) is 2. The van der Waals surface area contributed by atoms with Gasteiger partial charge in [-0.15, -0.1) is 0 Å². The van der Waals surface area contributed by atoms with E-state index in [1.807, 2.05) is 134 Å². The van der Waals surface area contributed by atoms with Gasteiger partial charge in [-0.3, -0.25) is 14.4 Å². The van der Waals surface area contributed by atoms with Crippen molar-refractivity contribution >= 4 is 78.8 Å². The van der Waals surface area contributed by atoms with Crippen molar-refractivity contribution in [2.45, 2.75) is 134 Å². The van der Waals surface area contributed by atoms with E-state index in [1.165, 1.54) is 24.3 Å². The van der Waals surface area contributed by atoms with E-state index in [1.54, 1.807) is 48.5 Å². The van der Waals surface area contributed by atoms with Crippen molar-refractivity contribution in [3.8, 4) is 44.8 Å². The monoisotopic (exact) mass is 1270 g/mol. The number of benzene rings is 6. The molecule has 0 unspecified atom stereocenters. The number of halogens is 2. The van der Waals surface area contributed by atoms with Crippen LogP contribution >= 0.6 is 0 Å². The summed E-state index contributed by atoms with van der Waals surface area (Å²) >= 11 is 0. The first-order valence-corrected chi connectivity index (χ1v) is 30.1. The number of carboxylic acids is 2. The second-order valence-corrected chi connectivity index (χ2v) is 22.7. The van der Waals surface area contributed by atoms with Crippen molar-refractivity contribution in [2.24, 2.45) is 11.5 Å². The van der Waals surface area contributed by atoms with Crippen LogP contribution in [0.4, 0.5) is 20.2 Å². The van der Waals surface area contributed by atoms with Crippen molar-refractivity contribution in [2.75, 3.05) is 17.2 Å². The molecular formula is C71H78CaF2N6O11. The minimum Gasteiger partial charge on any atom is -0.550 e. The number of para-hydroxylation sites is 2. The van der Waals surface area contributed by atoms with Gasteiger partial charge in [-0.25, -0.2) is 8.78 Å². The van der Waals surface area contributed by atoms with E-state index in [9.17, 15) is 58.3 Å². The number of carbonyl (C=O) groups excluding carboxylic acids is 5. The Labute approximate surface area is 559 Å². The van der Waals surface area contributed by atoms with Crippen LogP contribution in [0.2, 0.25) is 0 Å². The number of amides is 2. The molecular weight excluding hydrogens is 1190 g/mol. The summed E-state index contributed by atoms with van der Waals surface area (Å²) in [4.78, 5) is 63.2. The number of aliphatic carboxylic acids is 2. The molecule has 2 heterocycles. The van der Waals surface area contributed by atoms with Gasteiger partial charge in [0.05, 0.1) is 40.8 Å². The van der Waals surface area contributed by atoms with Crippen LogP contribution in [0.25, 0.3) is 44.8 Å². The molecule has 0 fully saturated rings. The number of aliphatic hydroxyl groups excluding tert-OH is 3. The summed E-state index contributed by atoms with van der Waals surface area (Å²) in [7, 11) is 0. The van der Waals surface area contributed by atoms with E-state index in [0.717, 1.165) is 16.8 Å². The summed E-state index contributed by atoms with van der Waals surface area (Å²) in [6.45, 7) is 8.69. The summed E-state index contributed by atoms with van der Waals surface area (Å²) in [5, 5.41) is 60.4. The van der Waals surface area contributed by atoms with Crippen molar-refractivity contribution in [1.82, 2.24) is 9.13 Å². The van der Waals surface area contributed by atoms with Crippen LogP contribution < -0.4 is 32.3 Å². The molecule has 0 aliphatic heterocycles. The smallest absolute Gasteiger partial charge is 0.550 e. The van der Waals surface area contributed by atoms with Gasteiger partial charge in [-0.05, 0) is 146 Å². The zero-order valence-corrected chi connectivity index (χ0v) is 53.8. The quantitative estimate of drug-likeness (QED) is 0.0170. The summed E-state index contributed by atoms with van der Waals surface area (Å²) < 4.78 is 37.5. The Hall–Kier alpha value is -7.85. The number of anilines is 2. The maximum Gasteiger partial charge on any atom is 2.00 e. The van der Waals surface area contributed by atoms with Gasteiger partial charge in [0.2, 0.25) is 0 Å². The SMILES string of the molecule is CC(C)c1c(C(=O)Nc2ccccc2)c(-c2ccccc2)c(-c2ccc(F)cc2)n1CC[C@@H](O)C[C@@H](O)CC(=O)[O-].CC(C)c1c(C(=O)Nc2ccccc2)c(-c2ccccc2)c(-c2ccc(F)cc2)n1CC[C@@H](O)C[C@H](CC(=O)[O-])OC(=O)[C@@H](N)CCCN.[Ca+2]. The fourth-order valence-corrected chi connectivity index (χ4v) is 11.2. The summed E-state index contributed by atoms with van der Waals surface area (Å²) in [6.07, 6.45) is -4.97. The molecule has 17 nitrogen and oxygen atoms in total. The Bertz CT molecular complexity index is 3650. The Kier molecular flexibility index (Phi) is 27.9. The molecule has 91 heavy (non-hydrogen) atoms. The summed E-state index contributed by atoms with van der Waals surface area (Å²) in [6, 6.07) is 48.3. The minimum absolute atomic E-state index is 0. The maximum absolute atomic E-state index is 14.2. The van der Waals surface area contributed by atoms with Crippen LogP contribution in [0.1, 0.15) is 123 Å². The van der Waals surface area contributed by atoms with Crippen LogP contribution in [-0.2, 0) is 32.2 Å². The molecule has 2 amide bonds. The Morgan fingerprint density at radius 2 is 0.890 bits per heavy atom. The van der Waals surface area contributed by atoms with E-state index in [4.69, 9.17) is 16.2 Å². The van der Waals surface area contributed by atoms with Gasteiger partial charge in [0.15, 0.2) is 0 Å². The number of hydrogen-bond donors (Lipinski definition) is 7. The molecule has 0 aliphatic carbocycles. The molecule has 9 N–H and O–H groups in total. The number of nitrogens with one attached hydrogen (secondary N) is 2. The molecule has 6 aromatic carbocycles. The molecule has 0 radical (unpaired) electrons. The third kappa shape index (κ3) is 20.1. The Morgan fingerprint density at radius 1 is 0.516 bits per heavy atom. The number of esters is 1. The van der Waals surface area contributed by atoms with E-state index < -0.39 is 72.8 Å². The normalized spacial score (nSPS) is 12.8. The molecule has 0 saturated carbocycles. The molecule has 8 aromatic rings. The van der Waals surface area contributed by atoms with Crippen LogP contribution in [0.5, 0.6) is 0 Å². The van der Waals surface area contributed by atoms with Gasteiger partial charge in [0, 0.05) is 78.2 Å². The Morgan fingerprint density at radius 3 is 1.25 bits per heavy atom. The second-order valence-electron chi connectivity index (χ2n) is 22.7. The largest absolute Gasteiger partial charge is 2.00 e. The fraction of sp³-hybridized carbons (Fsp3) is 0.310. The number of rotatable bonds is 29. The average molecular weight is 1270 g/mol. The zero-order chi connectivity index (χ0) is 65.0. The predicted molar refractivity (Wildman–Crippen MR) is 345 cm³/mol. The molecule has 2 aromatic heterocycles. The number of nitrogens with zero attached hydrogens (tertiary/aromatic N) is 2. The Balaban J connectivity index is 0.000000290. The van der Waals surface area contributed by atoms with E-state index in [-0.39, 0.29) is 107 Å². The first kappa shape index (κ1) is 72.2. The molecule has 0 saturated heterocycles. The van der Waals surface area contributed by atoms with Crippen LogP contribution in [0.15, 0.2) is 170 Å². The molecule has 8 rings (SSSR count). The molecule has 20 heteroatoms. The van der Waals surface area contributed by atoms with Crippen LogP contribution in [0.3, 0.4) is 0 Å². The number of hydrogen-bond acceptors (Lipinski definition) is 13. The van der Waals surface area contributed by atoms with Crippen molar-refractivity contribution in [1.29, 1.82) is 0 Å². The molecule has 5 atom stereocenters. The van der Waals surface area contributed by atoms with E-state index in [0.29, 0.717) is 74.8 Å².